The van der Waals surface area contributed by atoms with Crippen LogP contribution in [0.3, 0.4) is 0 Å². The number of nitrogens with zero attached hydrogens (tertiary/aromatic N) is 2. The zero-order valence-corrected chi connectivity index (χ0v) is 15.1. The lowest BCUT2D eigenvalue weighted by Crippen LogP contribution is -2.30. The van der Waals surface area contributed by atoms with Crippen LogP contribution in [0.25, 0.3) is 0 Å². The van der Waals surface area contributed by atoms with E-state index in [-0.39, 0.29) is 23.7 Å². The molecule has 25 heavy (non-hydrogen) atoms. The molecule has 2 rings (SSSR count). The fourth-order valence-corrected chi connectivity index (χ4v) is 3.87. The van der Waals surface area contributed by atoms with E-state index in [0.717, 1.165) is 11.6 Å². The Balaban J connectivity index is 2.49. The molecule has 0 amide bonds. The van der Waals surface area contributed by atoms with Crippen LogP contribution in [0.15, 0.2) is 47.4 Å². The number of aryl methyl sites for hydroxylation is 1. The van der Waals surface area contributed by atoms with Crippen molar-refractivity contribution in [3.05, 3.63) is 58.1 Å². The van der Waals surface area contributed by atoms with Crippen LogP contribution < -0.4 is 4.74 Å². The fourth-order valence-electron chi connectivity index (χ4n) is 2.39. The SMILES string of the molecule is CCN(CC)S(=O)(=O)c1ccc(Oc2ccccc2C)c([N+](=O)[O-])c1. The van der Waals surface area contributed by atoms with Gasteiger partial charge in [-0.15, -0.1) is 0 Å². The third-order valence-corrected chi connectivity index (χ3v) is 5.83. The van der Waals surface area contributed by atoms with E-state index in [2.05, 4.69) is 0 Å². The first-order valence-corrected chi connectivity index (χ1v) is 9.27. The summed E-state index contributed by atoms with van der Waals surface area (Å²) in [5.74, 6) is 0.475. The minimum absolute atomic E-state index is 0.00204. The van der Waals surface area contributed by atoms with Crippen LogP contribution in [0.4, 0.5) is 5.69 Å². The van der Waals surface area contributed by atoms with Gasteiger partial charge in [-0.3, -0.25) is 10.1 Å². The topological polar surface area (TPSA) is 89.8 Å². The maximum absolute atomic E-state index is 12.6. The van der Waals surface area contributed by atoms with Gasteiger partial charge in [-0.2, -0.15) is 4.31 Å². The summed E-state index contributed by atoms with van der Waals surface area (Å²) < 4.78 is 32.0. The standard InChI is InChI=1S/C17H20N2O5S/c1-4-18(5-2)25(22,23)14-10-11-17(15(12-14)19(20)21)24-16-9-7-6-8-13(16)3/h6-12H,4-5H2,1-3H3. The highest BCUT2D eigenvalue weighted by atomic mass is 32.2. The number of nitro benzene ring substituents is 1. The normalized spacial score (nSPS) is 11.5. The lowest BCUT2D eigenvalue weighted by molar-refractivity contribution is -0.385. The molecule has 0 bridgehead atoms. The average molecular weight is 364 g/mol. The molecular formula is C17H20N2O5S. The molecular weight excluding hydrogens is 344 g/mol. The maximum atomic E-state index is 12.6. The fraction of sp³-hybridized carbons (Fsp3) is 0.294. The van der Waals surface area contributed by atoms with Crippen LogP contribution in [0.5, 0.6) is 11.5 Å². The van der Waals surface area contributed by atoms with Gasteiger partial charge < -0.3 is 4.74 Å². The molecule has 8 heteroatoms. The molecule has 0 aliphatic heterocycles. The van der Waals surface area contributed by atoms with Crippen molar-refractivity contribution in [1.82, 2.24) is 4.31 Å². The Morgan fingerprint density at radius 1 is 1.08 bits per heavy atom. The zero-order valence-electron chi connectivity index (χ0n) is 14.3. The van der Waals surface area contributed by atoms with Crippen molar-refractivity contribution in [2.75, 3.05) is 13.1 Å². The summed E-state index contributed by atoms with van der Waals surface area (Å²) in [6.45, 7) is 5.82. The number of hydrogen-bond donors (Lipinski definition) is 0. The molecule has 0 aliphatic carbocycles. The van der Waals surface area contributed by atoms with E-state index >= 15 is 0 Å². The van der Waals surface area contributed by atoms with Crippen LogP contribution in [0.2, 0.25) is 0 Å². The highest BCUT2D eigenvalue weighted by molar-refractivity contribution is 7.89. The van der Waals surface area contributed by atoms with Crippen molar-refractivity contribution in [3.63, 3.8) is 0 Å². The third-order valence-electron chi connectivity index (χ3n) is 3.78. The Labute approximate surface area is 147 Å². The Hall–Kier alpha value is -2.45. The van der Waals surface area contributed by atoms with Gasteiger partial charge in [0.2, 0.25) is 15.8 Å². The van der Waals surface area contributed by atoms with Crippen LogP contribution in [-0.4, -0.2) is 30.7 Å². The second-order valence-corrected chi connectivity index (χ2v) is 7.28. The summed E-state index contributed by atoms with van der Waals surface area (Å²) in [5, 5.41) is 11.4. The predicted octanol–water partition coefficient (Wildman–Crippen LogP) is 3.73. The van der Waals surface area contributed by atoms with Crippen LogP contribution in [0.1, 0.15) is 19.4 Å². The molecule has 0 spiro atoms. The van der Waals surface area contributed by atoms with E-state index in [1.165, 1.54) is 16.4 Å². The van der Waals surface area contributed by atoms with E-state index in [1.54, 1.807) is 26.0 Å². The smallest absolute Gasteiger partial charge is 0.312 e. The van der Waals surface area contributed by atoms with Crippen molar-refractivity contribution in [2.24, 2.45) is 0 Å². The molecule has 0 atom stereocenters. The first kappa shape index (κ1) is 18.9. The van der Waals surface area contributed by atoms with Gasteiger partial charge in [0.25, 0.3) is 0 Å². The molecule has 7 nitrogen and oxygen atoms in total. The van der Waals surface area contributed by atoms with Gasteiger partial charge >= 0.3 is 5.69 Å². The van der Waals surface area contributed by atoms with Gasteiger partial charge in [0, 0.05) is 19.2 Å². The number of benzene rings is 2. The van der Waals surface area contributed by atoms with E-state index < -0.39 is 20.6 Å². The van der Waals surface area contributed by atoms with Crippen LogP contribution in [0, 0.1) is 17.0 Å². The summed E-state index contributed by atoms with van der Waals surface area (Å²) in [4.78, 5) is 10.6. The minimum atomic E-state index is -3.78. The first-order valence-electron chi connectivity index (χ1n) is 7.83. The van der Waals surface area contributed by atoms with Crippen molar-refractivity contribution >= 4 is 15.7 Å². The summed E-state index contributed by atoms with van der Waals surface area (Å²) in [6.07, 6.45) is 0. The van der Waals surface area contributed by atoms with Crippen molar-refractivity contribution in [3.8, 4) is 11.5 Å². The molecule has 0 saturated heterocycles. The maximum Gasteiger partial charge on any atom is 0.312 e. The third kappa shape index (κ3) is 3.97. The Morgan fingerprint density at radius 2 is 1.72 bits per heavy atom. The Bertz CT molecular complexity index is 876. The molecule has 134 valence electrons. The summed E-state index contributed by atoms with van der Waals surface area (Å²) >= 11 is 0. The van der Waals surface area contributed by atoms with E-state index in [0.29, 0.717) is 5.75 Å². The largest absolute Gasteiger partial charge is 0.450 e. The molecule has 0 radical (unpaired) electrons. The Morgan fingerprint density at radius 3 is 2.28 bits per heavy atom. The minimum Gasteiger partial charge on any atom is -0.450 e. The van der Waals surface area contributed by atoms with E-state index in [9.17, 15) is 18.5 Å². The number of ether oxygens (including phenoxy) is 1. The highest BCUT2D eigenvalue weighted by Crippen LogP contribution is 2.35. The molecule has 0 unspecified atom stereocenters. The van der Waals surface area contributed by atoms with Crippen LogP contribution in [-0.2, 0) is 10.0 Å². The average Bonchev–Trinajstić information content (AvgIpc) is 2.57. The predicted molar refractivity (Wildman–Crippen MR) is 94.5 cm³/mol. The molecule has 0 aliphatic rings. The number of para-hydroxylation sites is 1. The number of hydrogen-bond acceptors (Lipinski definition) is 5. The Kier molecular flexibility index (Phi) is 5.76. The number of sulfonamides is 1. The highest BCUT2D eigenvalue weighted by Gasteiger charge is 2.26. The molecule has 0 fully saturated rings. The summed E-state index contributed by atoms with van der Waals surface area (Å²) in [5.41, 5.74) is 0.424. The van der Waals surface area contributed by atoms with Crippen molar-refractivity contribution in [2.45, 2.75) is 25.7 Å². The molecule has 0 saturated carbocycles. The van der Waals surface area contributed by atoms with E-state index in [4.69, 9.17) is 4.74 Å². The summed E-state index contributed by atoms with van der Waals surface area (Å²) in [7, 11) is -3.78. The van der Waals surface area contributed by atoms with Gasteiger partial charge in [0.15, 0.2) is 0 Å². The molecule has 2 aromatic rings. The van der Waals surface area contributed by atoms with Crippen molar-refractivity contribution in [1.29, 1.82) is 0 Å². The summed E-state index contributed by atoms with van der Waals surface area (Å²) in [6, 6.07) is 10.8. The van der Waals surface area contributed by atoms with Gasteiger partial charge in [-0.05, 0) is 30.7 Å². The van der Waals surface area contributed by atoms with Gasteiger partial charge in [-0.25, -0.2) is 8.42 Å². The first-order chi connectivity index (χ1) is 11.8. The molecule has 2 aromatic carbocycles. The quantitative estimate of drug-likeness (QED) is 0.552. The second kappa shape index (κ2) is 7.62. The second-order valence-electron chi connectivity index (χ2n) is 5.34. The number of rotatable bonds is 7. The van der Waals surface area contributed by atoms with E-state index in [1.807, 2.05) is 19.1 Å². The van der Waals surface area contributed by atoms with Crippen molar-refractivity contribution < 1.29 is 18.1 Å². The molecule has 0 heterocycles. The van der Waals surface area contributed by atoms with Gasteiger partial charge in [-0.1, -0.05) is 32.0 Å². The molecule has 0 aromatic heterocycles. The molecule has 0 N–H and O–H groups in total. The van der Waals surface area contributed by atoms with Gasteiger partial charge in [0.05, 0.1) is 9.82 Å². The van der Waals surface area contributed by atoms with Crippen LogP contribution >= 0.6 is 0 Å². The number of nitro groups is 1. The zero-order chi connectivity index (χ0) is 18.6. The lowest BCUT2D eigenvalue weighted by Gasteiger charge is -2.18. The monoisotopic (exact) mass is 364 g/mol. The lowest BCUT2D eigenvalue weighted by atomic mass is 10.2. The van der Waals surface area contributed by atoms with Gasteiger partial charge in [0.1, 0.15) is 5.75 Å².